The van der Waals surface area contributed by atoms with Gasteiger partial charge < -0.3 is 19.3 Å². The Morgan fingerprint density at radius 2 is 1.96 bits per heavy atom. The lowest BCUT2D eigenvalue weighted by Gasteiger charge is -2.26. The molecule has 2 heterocycles. The smallest absolute Gasteiger partial charge is 0.274 e. The second-order valence-electron chi connectivity index (χ2n) is 5.25. The second-order valence-corrected chi connectivity index (χ2v) is 5.25. The van der Waals surface area contributed by atoms with Crippen molar-refractivity contribution < 1.29 is 19.1 Å². The lowest BCUT2D eigenvalue weighted by atomic mass is 10.3. The molecule has 0 aromatic carbocycles. The van der Waals surface area contributed by atoms with Gasteiger partial charge in [0, 0.05) is 39.3 Å². The first kappa shape index (κ1) is 17.3. The van der Waals surface area contributed by atoms with Gasteiger partial charge in [-0.1, -0.05) is 0 Å². The number of carbonyl (C=O) groups excluding carboxylic acids is 2. The molecule has 0 spiro atoms. The van der Waals surface area contributed by atoms with Crippen LogP contribution < -0.4 is 4.74 Å². The molecule has 0 bridgehead atoms. The molecular weight excluding hydrogens is 300 g/mol. The van der Waals surface area contributed by atoms with Gasteiger partial charge in [-0.15, -0.1) is 0 Å². The van der Waals surface area contributed by atoms with E-state index in [0.717, 1.165) is 0 Å². The summed E-state index contributed by atoms with van der Waals surface area (Å²) in [6.45, 7) is 7.29. The first-order chi connectivity index (χ1) is 11.1. The molecule has 2 rings (SSSR count). The van der Waals surface area contributed by atoms with Crippen LogP contribution >= 0.6 is 0 Å². The van der Waals surface area contributed by atoms with Crippen LogP contribution in [-0.2, 0) is 16.6 Å². The zero-order valence-corrected chi connectivity index (χ0v) is 13.9. The molecule has 2 amide bonds. The molecule has 0 atom stereocenters. The molecular formula is C15H24N4O4. The minimum atomic E-state index is -0.139. The summed E-state index contributed by atoms with van der Waals surface area (Å²) in [7, 11) is 1.69. The minimum absolute atomic E-state index is 0.0710. The van der Waals surface area contributed by atoms with Crippen molar-refractivity contribution >= 4 is 11.8 Å². The van der Waals surface area contributed by atoms with Crippen molar-refractivity contribution in [2.75, 3.05) is 46.0 Å². The largest absolute Gasteiger partial charge is 0.468 e. The molecule has 0 unspecified atom stereocenters. The fourth-order valence-electron chi connectivity index (χ4n) is 2.40. The lowest BCUT2D eigenvalue weighted by molar-refractivity contribution is -0.137. The summed E-state index contributed by atoms with van der Waals surface area (Å²) in [6, 6.07) is 1.58. The molecule has 0 aliphatic carbocycles. The van der Waals surface area contributed by atoms with Gasteiger partial charge in [0.15, 0.2) is 12.3 Å². The molecule has 0 N–H and O–H groups in total. The Hall–Kier alpha value is -2.09. The third-order valence-electron chi connectivity index (χ3n) is 3.81. The summed E-state index contributed by atoms with van der Waals surface area (Å²) in [4.78, 5) is 27.7. The van der Waals surface area contributed by atoms with Gasteiger partial charge in [-0.05, 0) is 13.8 Å². The molecule has 1 aromatic heterocycles. The number of morpholine rings is 1. The maximum absolute atomic E-state index is 12.3. The Balaban J connectivity index is 1.95. The van der Waals surface area contributed by atoms with Gasteiger partial charge in [0.25, 0.3) is 11.8 Å². The van der Waals surface area contributed by atoms with Crippen molar-refractivity contribution in [2.45, 2.75) is 13.8 Å². The Bertz CT molecular complexity index is 548. The number of hydrogen-bond acceptors (Lipinski definition) is 5. The molecule has 128 valence electrons. The zero-order valence-electron chi connectivity index (χ0n) is 13.9. The van der Waals surface area contributed by atoms with Crippen LogP contribution in [0, 0.1) is 0 Å². The molecule has 1 aliphatic rings. The van der Waals surface area contributed by atoms with E-state index in [2.05, 4.69) is 5.10 Å². The summed E-state index contributed by atoms with van der Waals surface area (Å²) < 4.78 is 12.2. The van der Waals surface area contributed by atoms with Crippen LogP contribution in [-0.4, -0.2) is 77.4 Å². The van der Waals surface area contributed by atoms with Crippen LogP contribution in [0.4, 0.5) is 0 Å². The van der Waals surface area contributed by atoms with Crippen molar-refractivity contribution in [1.29, 1.82) is 0 Å². The summed E-state index contributed by atoms with van der Waals surface area (Å²) in [5.74, 6) is 0.174. The normalized spacial score (nSPS) is 14.7. The highest BCUT2D eigenvalue weighted by atomic mass is 16.5. The molecule has 1 saturated heterocycles. The van der Waals surface area contributed by atoms with Crippen molar-refractivity contribution in [3.05, 3.63) is 11.8 Å². The molecule has 0 saturated carbocycles. The number of carbonyl (C=O) groups is 2. The van der Waals surface area contributed by atoms with Gasteiger partial charge >= 0.3 is 0 Å². The SMILES string of the molecule is CCN(CC)C(=O)c1cc(OCC(=O)N2CCOCC2)n(C)n1. The molecule has 23 heavy (non-hydrogen) atoms. The van der Waals surface area contributed by atoms with E-state index in [9.17, 15) is 9.59 Å². The van der Waals surface area contributed by atoms with E-state index in [-0.39, 0.29) is 18.4 Å². The van der Waals surface area contributed by atoms with Gasteiger partial charge in [0.2, 0.25) is 5.88 Å². The average Bonchev–Trinajstić information content (AvgIpc) is 2.95. The van der Waals surface area contributed by atoms with Crippen molar-refractivity contribution in [3.63, 3.8) is 0 Å². The Kier molecular flexibility index (Phi) is 5.97. The topological polar surface area (TPSA) is 76.9 Å². The molecule has 8 heteroatoms. The quantitative estimate of drug-likeness (QED) is 0.744. The third kappa shape index (κ3) is 4.22. The molecule has 8 nitrogen and oxygen atoms in total. The van der Waals surface area contributed by atoms with Gasteiger partial charge in [-0.3, -0.25) is 9.59 Å². The number of rotatable bonds is 6. The van der Waals surface area contributed by atoms with Gasteiger partial charge in [-0.2, -0.15) is 5.10 Å². The predicted molar refractivity (Wildman–Crippen MR) is 83.4 cm³/mol. The number of aryl methyl sites for hydroxylation is 1. The third-order valence-corrected chi connectivity index (χ3v) is 3.81. The second kappa shape index (κ2) is 7.96. The first-order valence-electron chi connectivity index (χ1n) is 7.88. The van der Waals surface area contributed by atoms with E-state index in [1.807, 2.05) is 13.8 Å². The molecule has 1 aliphatic heterocycles. The molecule has 1 fully saturated rings. The average molecular weight is 324 g/mol. The van der Waals surface area contributed by atoms with Gasteiger partial charge in [-0.25, -0.2) is 4.68 Å². The van der Waals surface area contributed by atoms with Crippen molar-refractivity contribution in [2.24, 2.45) is 7.05 Å². The molecule has 0 radical (unpaired) electrons. The van der Waals surface area contributed by atoms with Crippen LogP contribution in [0.5, 0.6) is 5.88 Å². The summed E-state index contributed by atoms with van der Waals surface area (Å²) in [5.41, 5.74) is 0.324. The molecule has 1 aromatic rings. The fraction of sp³-hybridized carbons (Fsp3) is 0.667. The van der Waals surface area contributed by atoms with Crippen LogP contribution in [0.15, 0.2) is 6.07 Å². The summed E-state index contributed by atoms with van der Waals surface area (Å²) in [6.07, 6.45) is 0. The fourth-order valence-corrected chi connectivity index (χ4v) is 2.40. The van der Waals surface area contributed by atoms with Crippen LogP contribution in [0.1, 0.15) is 24.3 Å². The number of nitrogens with zero attached hydrogens (tertiary/aromatic N) is 4. The van der Waals surface area contributed by atoms with E-state index in [0.29, 0.717) is 51.0 Å². The zero-order chi connectivity index (χ0) is 16.8. The Labute approximate surface area is 135 Å². The van der Waals surface area contributed by atoms with Gasteiger partial charge in [0.05, 0.1) is 13.2 Å². The number of ether oxygens (including phenoxy) is 2. The van der Waals surface area contributed by atoms with Crippen molar-refractivity contribution in [3.8, 4) is 5.88 Å². The predicted octanol–water partition coefficient (Wildman–Crippen LogP) is 0.140. The number of amides is 2. The summed E-state index contributed by atoms with van der Waals surface area (Å²) in [5, 5.41) is 4.17. The highest BCUT2D eigenvalue weighted by Crippen LogP contribution is 2.14. The summed E-state index contributed by atoms with van der Waals surface area (Å²) >= 11 is 0. The van der Waals surface area contributed by atoms with E-state index in [4.69, 9.17) is 9.47 Å². The van der Waals surface area contributed by atoms with Gasteiger partial charge in [0.1, 0.15) is 0 Å². The van der Waals surface area contributed by atoms with Crippen LogP contribution in [0.25, 0.3) is 0 Å². The highest BCUT2D eigenvalue weighted by molar-refractivity contribution is 5.92. The van der Waals surface area contributed by atoms with Crippen LogP contribution in [0.2, 0.25) is 0 Å². The van der Waals surface area contributed by atoms with Crippen molar-refractivity contribution in [1.82, 2.24) is 19.6 Å². The standard InChI is InChI=1S/C15H24N4O4/c1-4-18(5-2)15(21)12-10-14(17(3)16-12)23-11-13(20)19-6-8-22-9-7-19/h10H,4-9,11H2,1-3H3. The van der Waals surface area contributed by atoms with E-state index in [1.54, 1.807) is 22.9 Å². The number of aromatic nitrogens is 2. The maximum atomic E-state index is 12.3. The van der Waals surface area contributed by atoms with Crippen LogP contribution in [0.3, 0.4) is 0 Å². The van der Waals surface area contributed by atoms with E-state index in [1.165, 1.54) is 4.68 Å². The van der Waals surface area contributed by atoms with E-state index >= 15 is 0 Å². The Morgan fingerprint density at radius 3 is 2.57 bits per heavy atom. The minimum Gasteiger partial charge on any atom is -0.468 e. The Morgan fingerprint density at radius 1 is 1.30 bits per heavy atom. The highest BCUT2D eigenvalue weighted by Gasteiger charge is 2.20. The maximum Gasteiger partial charge on any atom is 0.274 e. The van der Waals surface area contributed by atoms with E-state index < -0.39 is 0 Å². The number of hydrogen-bond donors (Lipinski definition) is 0. The monoisotopic (exact) mass is 324 g/mol. The first-order valence-corrected chi connectivity index (χ1v) is 7.88. The lowest BCUT2D eigenvalue weighted by Crippen LogP contribution is -2.43.